The van der Waals surface area contributed by atoms with Crippen LogP contribution in [0.4, 0.5) is 0 Å². The average molecular weight is 383 g/mol. The smallest absolute Gasteiger partial charge is 0.265 e. The van der Waals surface area contributed by atoms with Gasteiger partial charge in [-0.05, 0) is 62.0 Å². The summed E-state index contributed by atoms with van der Waals surface area (Å²) in [5.41, 5.74) is 0.671. The molecule has 4 rings (SSSR count). The van der Waals surface area contributed by atoms with Crippen LogP contribution in [0.25, 0.3) is 11.0 Å². The number of fused-ring (bicyclic) bond motifs is 1. The largest absolute Gasteiger partial charge is 0.492 e. The molecule has 2 fully saturated rings. The number of rotatable bonds is 6. The van der Waals surface area contributed by atoms with E-state index in [0.717, 1.165) is 56.3 Å². The van der Waals surface area contributed by atoms with E-state index in [1.165, 1.54) is 0 Å². The Morgan fingerprint density at radius 3 is 2.73 bits per heavy atom. The molecular formula is C19H27ClN2O4. The minimum absolute atomic E-state index is 0. The third-order valence-electron chi connectivity index (χ3n) is 5.42. The van der Waals surface area contributed by atoms with Gasteiger partial charge in [-0.2, -0.15) is 0 Å². The van der Waals surface area contributed by atoms with Gasteiger partial charge in [-0.15, -0.1) is 12.4 Å². The second kappa shape index (κ2) is 8.93. The molecule has 2 heterocycles. The van der Waals surface area contributed by atoms with Crippen LogP contribution in [0, 0.1) is 11.8 Å². The SMILES string of the molecule is Cl.OC1CCCC1COc1cccc2onc(OCC3CCNCC3)c12. The van der Waals surface area contributed by atoms with Crippen LogP contribution in [-0.2, 0) is 0 Å². The normalized spacial score (nSPS) is 23.7. The van der Waals surface area contributed by atoms with Gasteiger partial charge in [-0.1, -0.05) is 12.5 Å². The van der Waals surface area contributed by atoms with E-state index in [4.69, 9.17) is 14.0 Å². The molecule has 0 radical (unpaired) electrons. The number of aliphatic hydroxyl groups excluding tert-OH is 1. The van der Waals surface area contributed by atoms with E-state index in [1.54, 1.807) is 0 Å². The molecule has 1 aliphatic carbocycles. The maximum atomic E-state index is 9.98. The predicted molar refractivity (Wildman–Crippen MR) is 101 cm³/mol. The van der Waals surface area contributed by atoms with Gasteiger partial charge >= 0.3 is 0 Å². The Bertz CT molecular complexity index is 702. The Labute approximate surface area is 159 Å². The molecule has 1 aliphatic heterocycles. The van der Waals surface area contributed by atoms with Gasteiger partial charge in [0.1, 0.15) is 11.1 Å². The first-order valence-electron chi connectivity index (χ1n) is 9.34. The van der Waals surface area contributed by atoms with E-state index < -0.39 is 0 Å². The fourth-order valence-electron chi connectivity index (χ4n) is 3.81. The van der Waals surface area contributed by atoms with Crippen LogP contribution in [0.15, 0.2) is 22.7 Å². The molecule has 144 valence electrons. The molecular weight excluding hydrogens is 356 g/mol. The lowest BCUT2D eigenvalue weighted by atomic mass is 9.99. The Hall–Kier alpha value is -1.50. The Balaban J connectivity index is 0.00000196. The fraction of sp³-hybridized carbons (Fsp3) is 0.632. The van der Waals surface area contributed by atoms with E-state index in [9.17, 15) is 5.11 Å². The molecule has 6 nitrogen and oxygen atoms in total. The number of benzene rings is 1. The first-order chi connectivity index (χ1) is 12.3. The fourth-order valence-corrected chi connectivity index (χ4v) is 3.81. The number of nitrogens with zero attached hydrogens (tertiary/aromatic N) is 1. The van der Waals surface area contributed by atoms with Gasteiger partial charge in [0.05, 0.1) is 19.3 Å². The third-order valence-corrected chi connectivity index (χ3v) is 5.42. The molecule has 0 amide bonds. The van der Waals surface area contributed by atoms with Crippen LogP contribution in [0.1, 0.15) is 32.1 Å². The number of nitrogens with one attached hydrogen (secondary N) is 1. The van der Waals surface area contributed by atoms with Crippen molar-refractivity contribution in [2.45, 2.75) is 38.2 Å². The summed E-state index contributed by atoms with van der Waals surface area (Å²) >= 11 is 0. The number of hydrogen-bond donors (Lipinski definition) is 2. The lowest BCUT2D eigenvalue weighted by Crippen LogP contribution is -2.30. The van der Waals surface area contributed by atoms with Crippen molar-refractivity contribution in [1.82, 2.24) is 10.5 Å². The van der Waals surface area contributed by atoms with E-state index >= 15 is 0 Å². The highest BCUT2D eigenvalue weighted by molar-refractivity contribution is 5.88. The van der Waals surface area contributed by atoms with Gasteiger partial charge in [0, 0.05) is 5.92 Å². The van der Waals surface area contributed by atoms with Crippen LogP contribution < -0.4 is 14.8 Å². The van der Waals surface area contributed by atoms with Gasteiger partial charge in [-0.3, -0.25) is 0 Å². The summed E-state index contributed by atoms with van der Waals surface area (Å²) < 4.78 is 17.4. The lowest BCUT2D eigenvalue weighted by Gasteiger charge is -2.22. The standard InChI is InChI=1S/C19H26N2O4.ClH/c22-15-4-1-3-14(15)12-23-16-5-2-6-17-18(16)19(21-25-17)24-11-13-7-9-20-10-8-13;/h2,5-6,13-15,20,22H,1,3-4,7-12H2;1H. The molecule has 1 aromatic carbocycles. The van der Waals surface area contributed by atoms with Crippen molar-refractivity contribution in [2.75, 3.05) is 26.3 Å². The summed E-state index contributed by atoms with van der Waals surface area (Å²) in [6, 6.07) is 5.68. The Morgan fingerprint density at radius 2 is 1.96 bits per heavy atom. The molecule has 0 bridgehead atoms. The van der Waals surface area contributed by atoms with E-state index in [-0.39, 0.29) is 24.4 Å². The molecule has 2 aromatic rings. The van der Waals surface area contributed by atoms with Crippen molar-refractivity contribution in [3.63, 3.8) is 0 Å². The molecule has 1 saturated heterocycles. The highest BCUT2D eigenvalue weighted by atomic mass is 35.5. The lowest BCUT2D eigenvalue weighted by molar-refractivity contribution is 0.0990. The monoisotopic (exact) mass is 382 g/mol. The minimum Gasteiger partial charge on any atom is -0.492 e. The number of piperidine rings is 1. The van der Waals surface area contributed by atoms with E-state index in [0.29, 0.717) is 30.6 Å². The molecule has 2 aliphatic rings. The van der Waals surface area contributed by atoms with Crippen LogP contribution in [-0.4, -0.2) is 42.7 Å². The third kappa shape index (κ3) is 4.24. The van der Waals surface area contributed by atoms with Crippen molar-refractivity contribution >= 4 is 23.4 Å². The summed E-state index contributed by atoms with van der Waals surface area (Å²) in [5.74, 6) is 1.98. The van der Waals surface area contributed by atoms with Crippen molar-refractivity contribution in [3.05, 3.63) is 18.2 Å². The van der Waals surface area contributed by atoms with Crippen molar-refractivity contribution in [1.29, 1.82) is 0 Å². The highest BCUT2D eigenvalue weighted by Crippen LogP contribution is 2.35. The van der Waals surface area contributed by atoms with Crippen LogP contribution in [0.5, 0.6) is 11.6 Å². The van der Waals surface area contributed by atoms with Crippen LogP contribution >= 0.6 is 12.4 Å². The number of hydrogen-bond acceptors (Lipinski definition) is 6. The number of aliphatic hydroxyl groups is 1. The molecule has 2 N–H and O–H groups in total. The van der Waals surface area contributed by atoms with Gasteiger partial charge < -0.3 is 24.4 Å². The van der Waals surface area contributed by atoms with Gasteiger partial charge in [0.2, 0.25) is 0 Å². The number of halogens is 1. The molecule has 26 heavy (non-hydrogen) atoms. The minimum atomic E-state index is -0.252. The van der Waals surface area contributed by atoms with E-state index in [2.05, 4.69) is 10.5 Å². The predicted octanol–water partition coefficient (Wildman–Crippen LogP) is 3.17. The van der Waals surface area contributed by atoms with Gasteiger partial charge in [0.25, 0.3) is 5.88 Å². The van der Waals surface area contributed by atoms with Crippen molar-refractivity contribution in [2.24, 2.45) is 11.8 Å². The van der Waals surface area contributed by atoms with Gasteiger partial charge in [-0.25, -0.2) is 0 Å². The van der Waals surface area contributed by atoms with E-state index in [1.807, 2.05) is 18.2 Å². The zero-order chi connectivity index (χ0) is 17.1. The van der Waals surface area contributed by atoms with Crippen molar-refractivity contribution < 1.29 is 19.1 Å². The molecule has 7 heteroatoms. The Kier molecular flexibility index (Phi) is 6.62. The summed E-state index contributed by atoms with van der Waals surface area (Å²) in [6.07, 6.45) is 4.95. The summed E-state index contributed by atoms with van der Waals surface area (Å²) in [4.78, 5) is 0. The first-order valence-corrected chi connectivity index (χ1v) is 9.34. The summed E-state index contributed by atoms with van der Waals surface area (Å²) in [5, 5.41) is 18.2. The molecule has 1 saturated carbocycles. The molecule has 2 unspecified atom stereocenters. The van der Waals surface area contributed by atoms with Gasteiger partial charge in [0.15, 0.2) is 5.58 Å². The maximum absolute atomic E-state index is 9.98. The zero-order valence-corrected chi connectivity index (χ0v) is 15.7. The highest BCUT2D eigenvalue weighted by Gasteiger charge is 2.26. The topological polar surface area (TPSA) is 76.8 Å². The summed E-state index contributed by atoms with van der Waals surface area (Å²) in [7, 11) is 0. The molecule has 1 aromatic heterocycles. The summed E-state index contributed by atoms with van der Waals surface area (Å²) in [6.45, 7) is 3.26. The second-order valence-electron chi connectivity index (χ2n) is 7.19. The average Bonchev–Trinajstić information content (AvgIpc) is 3.25. The van der Waals surface area contributed by atoms with Crippen LogP contribution in [0.2, 0.25) is 0 Å². The van der Waals surface area contributed by atoms with Crippen LogP contribution in [0.3, 0.4) is 0 Å². The molecule has 0 spiro atoms. The maximum Gasteiger partial charge on any atom is 0.265 e. The van der Waals surface area contributed by atoms with Crippen molar-refractivity contribution in [3.8, 4) is 11.6 Å². The Morgan fingerprint density at radius 1 is 1.12 bits per heavy atom. The number of aromatic nitrogens is 1. The number of ether oxygens (including phenoxy) is 2. The molecule has 2 atom stereocenters. The second-order valence-corrected chi connectivity index (χ2v) is 7.19. The zero-order valence-electron chi connectivity index (χ0n) is 14.9. The quantitative estimate of drug-likeness (QED) is 0.799. The first kappa shape index (κ1) is 19.3.